The molecule has 0 bridgehead atoms. The lowest BCUT2D eigenvalue weighted by atomic mass is 10.2. The predicted octanol–water partition coefficient (Wildman–Crippen LogP) is 1.87. The molecule has 0 spiro atoms. The Balaban J connectivity index is 1.72. The Labute approximate surface area is 122 Å². The second-order valence-electron chi connectivity index (χ2n) is 4.69. The third-order valence-corrected chi connectivity index (χ3v) is 3.17. The summed E-state index contributed by atoms with van der Waals surface area (Å²) in [6.45, 7) is 0.451. The van der Waals surface area contributed by atoms with Gasteiger partial charge in [-0.2, -0.15) is 5.10 Å². The summed E-state index contributed by atoms with van der Waals surface area (Å²) in [6, 6.07) is 9.22. The van der Waals surface area contributed by atoms with Gasteiger partial charge in [0.15, 0.2) is 0 Å². The van der Waals surface area contributed by atoms with Gasteiger partial charge in [-0.15, -0.1) is 0 Å². The van der Waals surface area contributed by atoms with E-state index in [1.807, 2.05) is 24.4 Å². The van der Waals surface area contributed by atoms with E-state index in [4.69, 9.17) is 0 Å². The van der Waals surface area contributed by atoms with Crippen LogP contribution in [0.5, 0.6) is 0 Å². The minimum absolute atomic E-state index is 0.0431. The van der Waals surface area contributed by atoms with E-state index in [2.05, 4.69) is 15.1 Å². The summed E-state index contributed by atoms with van der Waals surface area (Å²) in [4.78, 5) is 21.1. The predicted molar refractivity (Wildman–Crippen MR) is 77.9 cm³/mol. The van der Waals surface area contributed by atoms with Crippen molar-refractivity contribution < 1.29 is 4.79 Å². The molecule has 6 heteroatoms. The number of amides is 1. The number of aromatic nitrogens is 4. The SMILES string of the molecule is CN(Cc1ncc[nH]1)C(=O)c1ccc(-n2cccn2)cc1. The lowest BCUT2D eigenvalue weighted by Gasteiger charge is -2.16. The number of hydrogen-bond acceptors (Lipinski definition) is 3. The monoisotopic (exact) mass is 281 g/mol. The van der Waals surface area contributed by atoms with Gasteiger partial charge < -0.3 is 9.88 Å². The van der Waals surface area contributed by atoms with Gasteiger partial charge in [0.05, 0.1) is 12.2 Å². The minimum Gasteiger partial charge on any atom is -0.347 e. The zero-order valence-electron chi connectivity index (χ0n) is 11.6. The van der Waals surface area contributed by atoms with Gasteiger partial charge in [0.2, 0.25) is 0 Å². The van der Waals surface area contributed by atoms with Crippen molar-refractivity contribution in [1.29, 1.82) is 0 Å². The van der Waals surface area contributed by atoms with Crippen molar-refractivity contribution in [2.24, 2.45) is 0 Å². The van der Waals surface area contributed by atoms with Crippen molar-refractivity contribution in [2.45, 2.75) is 6.54 Å². The molecule has 2 aromatic heterocycles. The lowest BCUT2D eigenvalue weighted by Crippen LogP contribution is -2.26. The molecule has 1 N–H and O–H groups in total. The number of rotatable bonds is 4. The van der Waals surface area contributed by atoms with Crippen LogP contribution < -0.4 is 0 Å². The number of carbonyl (C=O) groups excluding carboxylic acids is 1. The molecular formula is C15H15N5O. The van der Waals surface area contributed by atoms with Crippen LogP contribution in [0.15, 0.2) is 55.1 Å². The molecule has 1 aromatic carbocycles. The Bertz CT molecular complexity index is 701. The number of imidazole rings is 1. The van der Waals surface area contributed by atoms with Crippen LogP contribution in [0.2, 0.25) is 0 Å². The van der Waals surface area contributed by atoms with Crippen molar-refractivity contribution in [3.05, 3.63) is 66.5 Å². The van der Waals surface area contributed by atoms with Crippen LogP contribution in [-0.4, -0.2) is 37.6 Å². The van der Waals surface area contributed by atoms with Gasteiger partial charge in [-0.1, -0.05) is 0 Å². The van der Waals surface area contributed by atoms with Crippen LogP contribution >= 0.6 is 0 Å². The molecule has 3 aromatic rings. The van der Waals surface area contributed by atoms with Crippen LogP contribution in [0.4, 0.5) is 0 Å². The summed E-state index contributed by atoms with van der Waals surface area (Å²) in [7, 11) is 1.76. The van der Waals surface area contributed by atoms with Crippen LogP contribution in [0.3, 0.4) is 0 Å². The number of carbonyl (C=O) groups is 1. The van der Waals surface area contributed by atoms with Gasteiger partial charge in [-0.3, -0.25) is 4.79 Å². The van der Waals surface area contributed by atoms with Crippen LogP contribution in [0, 0.1) is 0 Å². The highest BCUT2D eigenvalue weighted by Crippen LogP contribution is 2.11. The van der Waals surface area contributed by atoms with Gasteiger partial charge in [0, 0.05) is 37.4 Å². The second kappa shape index (κ2) is 5.62. The first kappa shape index (κ1) is 13.1. The Morgan fingerprint density at radius 3 is 2.71 bits per heavy atom. The Morgan fingerprint density at radius 1 is 1.29 bits per heavy atom. The molecule has 0 aliphatic carbocycles. The van der Waals surface area contributed by atoms with Gasteiger partial charge in [-0.25, -0.2) is 9.67 Å². The quantitative estimate of drug-likeness (QED) is 0.794. The van der Waals surface area contributed by atoms with E-state index in [1.165, 1.54) is 0 Å². The standard InChI is InChI=1S/C15H15N5O/c1-19(11-14-16-8-9-17-14)15(21)12-3-5-13(6-4-12)20-10-2-7-18-20/h2-10H,11H2,1H3,(H,16,17). The molecule has 0 aliphatic heterocycles. The van der Waals surface area contributed by atoms with E-state index in [9.17, 15) is 4.79 Å². The van der Waals surface area contributed by atoms with Crippen molar-refractivity contribution in [1.82, 2.24) is 24.6 Å². The fourth-order valence-corrected chi connectivity index (χ4v) is 2.08. The molecule has 0 saturated heterocycles. The van der Waals surface area contributed by atoms with Gasteiger partial charge in [-0.05, 0) is 30.3 Å². The highest BCUT2D eigenvalue weighted by Gasteiger charge is 2.13. The molecule has 2 heterocycles. The number of aromatic amines is 1. The molecule has 21 heavy (non-hydrogen) atoms. The van der Waals surface area contributed by atoms with Gasteiger partial charge >= 0.3 is 0 Å². The average molecular weight is 281 g/mol. The van der Waals surface area contributed by atoms with E-state index in [-0.39, 0.29) is 5.91 Å². The number of hydrogen-bond donors (Lipinski definition) is 1. The average Bonchev–Trinajstić information content (AvgIpc) is 3.20. The Kier molecular flexibility index (Phi) is 3.51. The molecule has 0 aliphatic rings. The fraction of sp³-hybridized carbons (Fsp3) is 0.133. The topological polar surface area (TPSA) is 66.8 Å². The van der Waals surface area contributed by atoms with Crippen LogP contribution in [0.25, 0.3) is 5.69 Å². The molecule has 0 unspecified atom stereocenters. The van der Waals surface area contributed by atoms with Crippen molar-refractivity contribution >= 4 is 5.91 Å². The number of H-pyrrole nitrogens is 1. The van der Waals surface area contributed by atoms with Crippen LogP contribution in [0.1, 0.15) is 16.2 Å². The van der Waals surface area contributed by atoms with E-state index >= 15 is 0 Å². The summed E-state index contributed by atoms with van der Waals surface area (Å²) < 4.78 is 1.75. The maximum Gasteiger partial charge on any atom is 0.254 e. The highest BCUT2D eigenvalue weighted by molar-refractivity contribution is 5.94. The van der Waals surface area contributed by atoms with Gasteiger partial charge in [0.1, 0.15) is 5.82 Å². The van der Waals surface area contributed by atoms with Crippen LogP contribution in [-0.2, 0) is 6.54 Å². The number of nitrogens with one attached hydrogen (secondary N) is 1. The normalized spacial score (nSPS) is 10.5. The third kappa shape index (κ3) is 2.84. The molecule has 0 radical (unpaired) electrons. The molecule has 0 saturated carbocycles. The van der Waals surface area contributed by atoms with Gasteiger partial charge in [0.25, 0.3) is 5.91 Å². The molecule has 1 amide bonds. The molecular weight excluding hydrogens is 266 g/mol. The minimum atomic E-state index is -0.0431. The number of nitrogens with zero attached hydrogens (tertiary/aromatic N) is 4. The molecule has 0 atom stereocenters. The first-order valence-corrected chi connectivity index (χ1v) is 6.58. The zero-order chi connectivity index (χ0) is 14.7. The van der Waals surface area contributed by atoms with E-state index in [1.54, 1.807) is 47.4 Å². The van der Waals surface area contributed by atoms with E-state index in [0.29, 0.717) is 12.1 Å². The first-order valence-electron chi connectivity index (χ1n) is 6.58. The molecule has 106 valence electrons. The molecule has 3 rings (SSSR count). The molecule has 0 fully saturated rings. The second-order valence-corrected chi connectivity index (χ2v) is 4.69. The van der Waals surface area contributed by atoms with E-state index in [0.717, 1.165) is 11.5 Å². The lowest BCUT2D eigenvalue weighted by molar-refractivity contribution is 0.0782. The smallest absolute Gasteiger partial charge is 0.254 e. The van der Waals surface area contributed by atoms with Crippen molar-refractivity contribution in [3.8, 4) is 5.69 Å². The maximum absolute atomic E-state index is 12.3. The summed E-state index contributed by atoms with van der Waals surface area (Å²) >= 11 is 0. The summed E-state index contributed by atoms with van der Waals surface area (Å²) in [5.74, 6) is 0.720. The summed E-state index contributed by atoms with van der Waals surface area (Å²) in [5, 5.41) is 4.15. The fourth-order valence-electron chi connectivity index (χ4n) is 2.08. The van der Waals surface area contributed by atoms with Crippen molar-refractivity contribution in [2.75, 3.05) is 7.05 Å². The Hall–Kier alpha value is -2.89. The molecule has 6 nitrogen and oxygen atoms in total. The third-order valence-electron chi connectivity index (χ3n) is 3.17. The number of benzene rings is 1. The van der Waals surface area contributed by atoms with Crippen molar-refractivity contribution in [3.63, 3.8) is 0 Å². The Morgan fingerprint density at radius 2 is 2.10 bits per heavy atom. The summed E-state index contributed by atoms with van der Waals surface area (Å²) in [6.07, 6.45) is 7.00. The zero-order valence-corrected chi connectivity index (χ0v) is 11.6. The highest BCUT2D eigenvalue weighted by atomic mass is 16.2. The largest absolute Gasteiger partial charge is 0.347 e. The first-order chi connectivity index (χ1) is 10.2. The summed E-state index contributed by atoms with van der Waals surface area (Å²) in [5.41, 5.74) is 1.56. The maximum atomic E-state index is 12.3. The van der Waals surface area contributed by atoms with E-state index < -0.39 is 0 Å².